The summed E-state index contributed by atoms with van der Waals surface area (Å²) in [6.07, 6.45) is 0.834. The van der Waals surface area contributed by atoms with E-state index < -0.39 is 0 Å². The van der Waals surface area contributed by atoms with E-state index in [-0.39, 0.29) is 18.1 Å². The normalized spacial score (nSPS) is 11.1. The summed E-state index contributed by atoms with van der Waals surface area (Å²) >= 11 is 0. The molecule has 0 aliphatic carbocycles. The second-order valence-corrected chi connectivity index (χ2v) is 8.25. The van der Waals surface area contributed by atoms with Crippen molar-refractivity contribution < 1.29 is 9.53 Å². The van der Waals surface area contributed by atoms with E-state index in [1.807, 2.05) is 61.5 Å². The van der Waals surface area contributed by atoms with Crippen LogP contribution in [0.25, 0.3) is 10.9 Å². The number of nitrogens with one attached hydrogen (secondary N) is 2. The number of ether oxygens (including phenoxy) is 1. The van der Waals surface area contributed by atoms with Gasteiger partial charge in [-0.2, -0.15) is 0 Å². The van der Waals surface area contributed by atoms with E-state index in [1.54, 1.807) is 4.90 Å². The number of nitrogens with zero attached hydrogens (tertiary/aromatic N) is 2. The third-order valence-electron chi connectivity index (χ3n) is 5.94. The minimum Gasteiger partial charge on any atom is -0.494 e. The molecule has 2 aromatic carbocycles. The number of amides is 2. The fourth-order valence-corrected chi connectivity index (χ4v) is 3.97. The summed E-state index contributed by atoms with van der Waals surface area (Å²) in [7, 11) is 0. The van der Waals surface area contributed by atoms with Crippen molar-refractivity contribution in [1.82, 2.24) is 20.1 Å². The van der Waals surface area contributed by atoms with Gasteiger partial charge in [0.25, 0.3) is 5.56 Å². The first-order valence-electron chi connectivity index (χ1n) is 12.1. The van der Waals surface area contributed by atoms with Crippen molar-refractivity contribution in [2.24, 2.45) is 0 Å². The molecule has 182 valence electrons. The Bertz CT molecular complexity index is 1110. The lowest BCUT2D eigenvalue weighted by molar-refractivity contribution is 0.189. The van der Waals surface area contributed by atoms with Crippen molar-refractivity contribution in [1.29, 1.82) is 0 Å². The quantitative estimate of drug-likeness (QED) is 0.417. The zero-order valence-corrected chi connectivity index (χ0v) is 20.5. The van der Waals surface area contributed by atoms with Gasteiger partial charge in [-0.05, 0) is 62.8 Å². The molecule has 0 saturated carbocycles. The van der Waals surface area contributed by atoms with Gasteiger partial charge in [0.15, 0.2) is 0 Å². The summed E-state index contributed by atoms with van der Waals surface area (Å²) in [5.74, 6) is 0.754. The number of fused-ring (bicyclic) bond motifs is 1. The maximum atomic E-state index is 13.1. The molecule has 0 aliphatic rings. The van der Waals surface area contributed by atoms with E-state index in [0.29, 0.717) is 25.3 Å². The maximum Gasteiger partial charge on any atom is 0.317 e. The van der Waals surface area contributed by atoms with E-state index in [0.717, 1.165) is 48.3 Å². The van der Waals surface area contributed by atoms with Crippen LogP contribution < -0.4 is 15.6 Å². The van der Waals surface area contributed by atoms with Crippen LogP contribution in [0.15, 0.2) is 59.4 Å². The molecular weight excluding hydrogens is 428 g/mol. The molecule has 3 aromatic rings. The van der Waals surface area contributed by atoms with E-state index >= 15 is 0 Å². The number of rotatable bonds is 12. The fraction of sp³-hybridized carbons (Fsp3) is 0.407. The molecule has 0 bridgehead atoms. The zero-order valence-electron chi connectivity index (χ0n) is 20.5. The van der Waals surface area contributed by atoms with Gasteiger partial charge in [0.2, 0.25) is 0 Å². The second-order valence-electron chi connectivity index (χ2n) is 8.25. The van der Waals surface area contributed by atoms with Crippen LogP contribution in [0.1, 0.15) is 38.3 Å². The van der Waals surface area contributed by atoms with Crippen LogP contribution in [-0.2, 0) is 13.1 Å². The molecule has 0 radical (unpaired) electrons. The van der Waals surface area contributed by atoms with Gasteiger partial charge in [-0.1, -0.05) is 44.2 Å². The molecule has 0 saturated heterocycles. The Kier molecular flexibility index (Phi) is 9.52. The van der Waals surface area contributed by atoms with Crippen LogP contribution in [0.2, 0.25) is 0 Å². The van der Waals surface area contributed by atoms with E-state index in [2.05, 4.69) is 29.0 Å². The fourth-order valence-electron chi connectivity index (χ4n) is 3.97. The Morgan fingerprint density at radius 2 is 1.76 bits per heavy atom. The average Bonchev–Trinajstić information content (AvgIpc) is 2.85. The highest BCUT2D eigenvalue weighted by Crippen LogP contribution is 2.20. The molecule has 0 fully saturated rings. The minimum atomic E-state index is -0.179. The summed E-state index contributed by atoms with van der Waals surface area (Å²) < 4.78 is 5.60. The molecule has 7 heteroatoms. The van der Waals surface area contributed by atoms with Gasteiger partial charge in [0.1, 0.15) is 5.75 Å². The van der Waals surface area contributed by atoms with Gasteiger partial charge >= 0.3 is 6.03 Å². The number of pyridine rings is 1. The van der Waals surface area contributed by atoms with Crippen molar-refractivity contribution in [2.75, 3.05) is 32.8 Å². The van der Waals surface area contributed by atoms with Crippen LogP contribution >= 0.6 is 0 Å². The smallest absolute Gasteiger partial charge is 0.317 e. The number of hydrogen-bond donors (Lipinski definition) is 2. The average molecular weight is 465 g/mol. The van der Waals surface area contributed by atoms with Gasteiger partial charge in [-0.25, -0.2) is 4.79 Å². The first kappa shape index (κ1) is 25.3. The van der Waals surface area contributed by atoms with E-state index in [1.165, 1.54) is 0 Å². The molecule has 34 heavy (non-hydrogen) atoms. The maximum absolute atomic E-state index is 13.1. The number of aromatic amines is 1. The number of benzene rings is 2. The number of aromatic nitrogens is 1. The monoisotopic (exact) mass is 464 g/mol. The number of hydrogen-bond acceptors (Lipinski definition) is 4. The van der Waals surface area contributed by atoms with Crippen LogP contribution in [0.4, 0.5) is 4.79 Å². The lowest BCUT2D eigenvalue weighted by atomic mass is 10.1. The van der Waals surface area contributed by atoms with Crippen molar-refractivity contribution in [3.05, 3.63) is 76.1 Å². The van der Waals surface area contributed by atoms with Crippen LogP contribution in [0.5, 0.6) is 5.75 Å². The highest BCUT2D eigenvalue weighted by molar-refractivity contribution is 5.81. The predicted octanol–water partition coefficient (Wildman–Crippen LogP) is 4.37. The molecule has 0 aliphatic heterocycles. The molecular formula is C27H36N4O3. The zero-order chi connectivity index (χ0) is 24.3. The first-order chi connectivity index (χ1) is 16.5. The minimum absolute atomic E-state index is 0.175. The molecule has 2 N–H and O–H groups in total. The third-order valence-corrected chi connectivity index (χ3v) is 5.94. The van der Waals surface area contributed by atoms with Gasteiger partial charge in [-0.15, -0.1) is 0 Å². The van der Waals surface area contributed by atoms with Crippen LogP contribution in [0, 0.1) is 0 Å². The van der Waals surface area contributed by atoms with Crippen molar-refractivity contribution >= 4 is 16.9 Å². The Morgan fingerprint density at radius 1 is 1.00 bits per heavy atom. The summed E-state index contributed by atoms with van der Waals surface area (Å²) in [4.78, 5) is 32.9. The molecule has 1 aromatic heterocycles. The molecule has 2 amide bonds. The lowest BCUT2D eigenvalue weighted by Crippen LogP contribution is -2.41. The topological polar surface area (TPSA) is 77.7 Å². The lowest BCUT2D eigenvalue weighted by Gasteiger charge is -2.25. The van der Waals surface area contributed by atoms with Gasteiger partial charge in [0.05, 0.1) is 13.2 Å². The number of urea groups is 1. The number of H-pyrrole nitrogens is 1. The molecule has 1 heterocycles. The SMILES string of the molecule is CCOc1ccc2[nH]c(=O)c(CN(CCCN(CC)CC)C(=O)NCc3ccccc3)cc2c1. The summed E-state index contributed by atoms with van der Waals surface area (Å²) in [6, 6.07) is 17.1. The highest BCUT2D eigenvalue weighted by atomic mass is 16.5. The van der Waals surface area contributed by atoms with Gasteiger partial charge in [0, 0.05) is 29.6 Å². The predicted molar refractivity (Wildman–Crippen MR) is 137 cm³/mol. The Balaban J connectivity index is 1.78. The van der Waals surface area contributed by atoms with Gasteiger partial charge in [-0.3, -0.25) is 4.79 Å². The Labute approximate surface area is 201 Å². The molecule has 0 spiro atoms. The van der Waals surface area contributed by atoms with Crippen molar-refractivity contribution in [3.63, 3.8) is 0 Å². The largest absolute Gasteiger partial charge is 0.494 e. The summed E-state index contributed by atoms with van der Waals surface area (Å²) in [5.41, 5.74) is 2.16. The van der Waals surface area contributed by atoms with Crippen LogP contribution in [-0.4, -0.2) is 53.6 Å². The standard InChI is InChI=1S/C27H36N4O3/c1-4-30(5-2)15-10-16-31(27(33)28-19-21-11-8-7-9-12-21)20-23-17-22-18-24(34-6-3)13-14-25(22)29-26(23)32/h7-9,11-14,17-18H,4-6,10,15-16,19-20H2,1-3H3,(H,28,33)(H,29,32). The van der Waals surface area contributed by atoms with Crippen molar-refractivity contribution in [2.45, 2.75) is 40.3 Å². The third kappa shape index (κ3) is 7.09. The Morgan fingerprint density at radius 3 is 2.47 bits per heavy atom. The Hall–Kier alpha value is -3.32. The molecule has 3 rings (SSSR count). The number of carbonyl (C=O) groups is 1. The van der Waals surface area contributed by atoms with E-state index in [4.69, 9.17) is 4.74 Å². The van der Waals surface area contributed by atoms with Crippen LogP contribution in [0.3, 0.4) is 0 Å². The summed E-state index contributed by atoms with van der Waals surface area (Å²) in [6.45, 7) is 10.9. The van der Waals surface area contributed by atoms with Gasteiger partial charge < -0.3 is 24.8 Å². The first-order valence-corrected chi connectivity index (χ1v) is 12.1. The second kappa shape index (κ2) is 12.8. The summed E-state index contributed by atoms with van der Waals surface area (Å²) in [5, 5.41) is 3.89. The number of carbonyl (C=O) groups excluding carboxylic acids is 1. The van der Waals surface area contributed by atoms with Crippen molar-refractivity contribution in [3.8, 4) is 5.75 Å². The molecule has 7 nitrogen and oxygen atoms in total. The molecule has 0 atom stereocenters. The molecule has 0 unspecified atom stereocenters. The highest BCUT2D eigenvalue weighted by Gasteiger charge is 2.16. The van der Waals surface area contributed by atoms with E-state index in [9.17, 15) is 9.59 Å².